The van der Waals surface area contributed by atoms with Crippen molar-refractivity contribution in [3.63, 3.8) is 0 Å². The number of hydrogen-bond donors (Lipinski definition) is 1. The third kappa shape index (κ3) is 5.59. The summed E-state index contributed by atoms with van der Waals surface area (Å²) >= 11 is 7.47. The summed E-state index contributed by atoms with van der Waals surface area (Å²) in [6.07, 6.45) is 0. The Bertz CT molecular complexity index is 805. The van der Waals surface area contributed by atoms with Crippen molar-refractivity contribution in [1.82, 2.24) is 10.2 Å². The largest absolute Gasteiger partial charge is 0.332 e. The molecule has 0 aliphatic carbocycles. The number of hydrogen-bond acceptors (Lipinski definition) is 5. The molecule has 9 heteroatoms. The second-order valence-corrected chi connectivity index (χ2v) is 7.39. The molecule has 1 unspecified atom stereocenters. The van der Waals surface area contributed by atoms with E-state index in [4.69, 9.17) is 11.6 Å². The molecule has 1 heterocycles. The number of nitrogens with zero attached hydrogens (tertiary/aromatic N) is 2. The van der Waals surface area contributed by atoms with E-state index in [0.29, 0.717) is 18.1 Å². The lowest BCUT2D eigenvalue weighted by Crippen LogP contribution is -2.49. The molecule has 0 bridgehead atoms. The van der Waals surface area contributed by atoms with Gasteiger partial charge in [-0.25, -0.2) is 0 Å². The molecule has 1 saturated heterocycles. The topological polar surface area (TPSA) is 75.5 Å². The zero-order valence-electron chi connectivity index (χ0n) is 14.3. The van der Waals surface area contributed by atoms with Gasteiger partial charge in [-0.3, -0.25) is 14.9 Å². The zero-order valence-corrected chi connectivity index (χ0v) is 16.7. The van der Waals surface area contributed by atoms with Crippen molar-refractivity contribution in [2.45, 2.75) is 10.9 Å². The van der Waals surface area contributed by atoms with Crippen molar-refractivity contribution in [2.75, 3.05) is 25.4 Å². The van der Waals surface area contributed by atoms with Gasteiger partial charge < -0.3 is 10.2 Å². The monoisotopic (exact) mass is 427 g/mol. The van der Waals surface area contributed by atoms with E-state index < -0.39 is 4.92 Å². The van der Waals surface area contributed by atoms with Crippen LogP contribution >= 0.6 is 35.8 Å². The fourth-order valence-corrected chi connectivity index (χ4v) is 3.89. The number of nitrogens with one attached hydrogen (secondary N) is 1. The molecule has 27 heavy (non-hydrogen) atoms. The number of halogens is 2. The van der Waals surface area contributed by atoms with Gasteiger partial charge in [0.1, 0.15) is 0 Å². The number of nitro groups is 1. The highest BCUT2D eigenvalue weighted by atomic mass is 35.5. The number of rotatable bonds is 5. The van der Waals surface area contributed by atoms with Crippen LogP contribution < -0.4 is 5.32 Å². The Labute approximate surface area is 172 Å². The maximum Gasteiger partial charge on any atom is 0.269 e. The van der Waals surface area contributed by atoms with E-state index in [-0.39, 0.29) is 35.8 Å². The summed E-state index contributed by atoms with van der Waals surface area (Å²) in [5, 5.41) is 14.7. The summed E-state index contributed by atoms with van der Waals surface area (Å²) in [5.74, 6) is 0.328. The van der Waals surface area contributed by atoms with Crippen molar-refractivity contribution in [2.24, 2.45) is 0 Å². The molecule has 144 valence electrons. The molecule has 0 aromatic heterocycles. The summed E-state index contributed by atoms with van der Waals surface area (Å²) in [6.45, 7) is 2.08. The van der Waals surface area contributed by atoms with Gasteiger partial charge in [0.25, 0.3) is 5.69 Å². The highest BCUT2D eigenvalue weighted by Gasteiger charge is 2.27. The molecule has 2 aromatic rings. The van der Waals surface area contributed by atoms with Gasteiger partial charge in [0.2, 0.25) is 5.91 Å². The van der Waals surface area contributed by atoms with Gasteiger partial charge in [-0.15, -0.1) is 24.2 Å². The maximum atomic E-state index is 12.8. The average molecular weight is 428 g/mol. The van der Waals surface area contributed by atoms with Gasteiger partial charge >= 0.3 is 0 Å². The van der Waals surface area contributed by atoms with Crippen LogP contribution in [-0.2, 0) is 4.79 Å². The Hall–Kier alpha value is -1.80. The van der Waals surface area contributed by atoms with Crippen molar-refractivity contribution < 1.29 is 9.72 Å². The highest BCUT2D eigenvalue weighted by molar-refractivity contribution is 8.00. The van der Waals surface area contributed by atoms with E-state index in [2.05, 4.69) is 5.32 Å². The van der Waals surface area contributed by atoms with Crippen LogP contribution in [0.1, 0.15) is 11.6 Å². The fourth-order valence-electron chi connectivity index (χ4n) is 2.91. The molecule has 6 nitrogen and oxygen atoms in total. The minimum atomic E-state index is -0.435. The highest BCUT2D eigenvalue weighted by Crippen LogP contribution is 2.27. The van der Waals surface area contributed by atoms with Crippen LogP contribution in [0, 0.1) is 10.1 Å². The molecule has 1 atom stereocenters. The minimum absolute atomic E-state index is 0. The molecule has 3 rings (SSSR count). The summed E-state index contributed by atoms with van der Waals surface area (Å²) in [7, 11) is 0. The van der Waals surface area contributed by atoms with Crippen LogP contribution in [-0.4, -0.2) is 41.1 Å². The van der Waals surface area contributed by atoms with E-state index in [9.17, 15) is 14.9 Å². The molecular formula is C18H19Cl2N3O3S. The number of benzene rings is 2. The summed E-state index contributed by atoms with van der Waals surface area (Å²) in [6, 6.07) is 13.8. The smallest absolute Gasteiger partial charge is 0.269 e. The van der Waals surface area contributed by atoms with Crippen molar-refractivity contribution in [3.8, 4) is 0 Å². The molecule has 1 fully saturated rings. The normalized spacial score (nSPS) is 16.5. The average Bonchev–Trinajstić information content (AvgIpc) is 2.66. The molecule has 1 aliphatic heterocycles. The molecule has 0 radical (unpaired) electrons. The Morgan fingerprint density at radius 1 is 1.30 bits per heavy atom. The molecule has 1 aliphatic rings. The van der Waals surface area contributed by atoms with Crippen molar-refractivity contribution >= 4 is 47.4 Å². The Kier molecular flexibility index (Phi) is 7.91. The molecule has 2 aromatic carbocycles. The number of carbonyl (C=O) groups is 1. The van der Waals surface area contributed by atoms with Gasteiger partial charge in [-0.1, -0.05) is 23.7 Å². The third-order valence-corrected chi connectivity index (χ3v) is 5.44. The van der Waals surface area contributed by atoms with Gasteiger partial charge in [0.05, 0.1) is 16.7 Å². The molecule has 0 saturated carbocycles. The summed E-state index contributed by atoms with van der Waals surface area (Å²) in [5.41, 5.74) is 1.06. The Morgan fingerprint density at radius 2 is 2.04 bits per heavy atom. The SMILES string of the molecule is Cl.O=C(CSc1ccc([N+](=O)[O-])cc1)N1CCNCC1c1cccc(Cl)c1. The van der Waals surface area contributed by atoms with Gasteiger partial charge in [0, 0.05) is 41.7 Å². The predicted octanol–water partition coefficient (Wildman–Crippen LogP) is 3.94. The lowest BCUT2D eigenvalue weighted by atomic mass is 10.0. The molecule has 1 amide bonds. The Morgan fingerprint density at radius 3 is 2.70 bits per heavy atom. The maximum absolute atomic E-state index is 12.8. The first-order chi connectivity index (χ1) is 12.5. The summed E-state index contributed by atoms with van der Waals surface area (Å²) in [4.78, 5) is 25.7. The third-order valence-electron chi connectivity index (χ3n) is 4.21. The second-order valence-electron chi connectivity index (χ2n) is 5.90. The lowest BCUT2D eigenvalue weighted by molar-refractivity contribution is -0.384. The Balaban J connectivity index is 0.00000261. The van der Waals surface area contributed by atoms with Crippen LogP contribution in [0.5, 0.6) is 0 Å². The van der Waals surface area contributed by atoms with Gasteiger partial charge in [-0.2, -0.15) is 0 Å². The van der Waals surface area contributed by atoms with Gasteiger partial charge in [-0.05, 0) is 29.8 Å². The number of nitro benzene ring substituents is 1. The first kappa shape index (κ1) is 21.5. The van der Waals surface area contributed by atoms with Crippen LogP contribution in [0.15, 0.2) is 53.4 Å². The van der Waals surface area contributed by atoms with Crippen LogP contribution in [0.25, 0.3) is 0 Å². The molecular weight excluding hydrogens is 409 g/mol. The number of thioether (sulfide) groups is 1. The fraction of sp³-hybridized carbons (Fsp3) is 0.278. The standard InChI is InChI=1S/C18H18ClN3O3S.ClH/c19-14-3-1-2-13(10-14)17-11-20-8-9-21(17)18(23)12-26-16-6-4-15(5-7-16)22(24)25;/h1-7,10,17,20H,8-9,11-12H2;1H. The van der Waals surface area contributed by atoms with Crippen molar-refractivity contribution in [1.29, 1.82) is 0 Å². The number of piperazine rings is 1. The lowest BCUT2D eigenvalue weighted by Gasteiger charge is -2.36. The molecule has 1 N–H and O–H groups in total. The van der Waals surface area contributed by atoms with E-state index >= 15 is 0 Å². The quantitative estimate of drug-likeness (QED) is 0.444. The number of carbonyl (C=O) groups excluding carboxylic acids is 1. The van der Waals surface area contributed by atoms with Crippen LogP contribution in [0.2, 0.25) is 5.02 Å². The van der Waals surface area contributed by atoms with E-state index in [0.717, 1.165) is 17.0 Å². The zero-order chi connectivity index (χ0) is 18.5. The van der Waals surface area contributed by atoms with Crippen LogP contribution in [0.3, 0.4) is 0 Å². The van der Waals surface area contributed by atoms with E-state index in [1.165, 1.54) is 23.9 Å². The minimum Gasteiger partial charge on any atom is -0.332 e. The van der Waals surface area contributed by atoms with Gasteiger partial charge in [0.15, 0.2) is 0 Å². The van der Waals surface area contributed by atoms with E-state index in [1.54, 1.807) is 12.1 Å². The summed E-state index contributed by atoms with van der Waals surface area (Å²) < 4.78 is 0. The first-order valence-electron chi connectivity index (χ1n) is 8.17. The number of amides is 1. The molecule has 0 spiro atoms. The van der Waals surface area contributed by atoms with E-state index in [1.807, 2.05) is 29.2 Å². The second kappa shape index (κ2) is 9.94. The predicted molar refractivity (Wildman–Crippen MR) is 110 cm³/mol. The first-order valence-corrected chi connectivity index (χ1v) is 9.54. The van der Waals surface area contributed by atoms with Crippen molar-refractivity contribution in [3.05, 3.63) is 69.2 Å². The van der Waals surface area contributed by atoms with Crippen LogP contribution in [0.4, 0.5) is 5.69 Å². The number of non-ortho nitro benzene ring substituents is 1.